The number of nitrogens with one attached hydrogen (secondary N) is 1. The number of ether oxygens (including phenoxy) is 1. The average Bonchev–Trinajstić information content (AvgIpc) is 2.88. The third-order valence-corrected chi connectivity index (χ3v) is 5.99. The number of rotatable bonds is 8. The third kappa shape index (κ3) is 8.84. The maximum Gasteiger partial charge on any atom is 0.573 e. The molecule has 4 nitrogen and oxygen atoms in total. The number of amides is 1. The number of halogens is 3. The fourth-order valence-corrected chi connectivity index (χ4v) is 4.01. The minimum atomic E-state index is -4.65. The zero-order valence-corrected chi connectivity index (χ0v) is 21.5. The van der Waals surface area contributed by atoms with Gasteiger partial charge in [-0.1, -0.05) is 72.8 Å². The van der Waals surface area contributed by atoms with Gasteiger partial charge in [0.2, 0.25) is 6.41 Å². The molecule has 4 aromatic carbocycles. The Hall–Kier alpha value is -3.49. The van der Waals surface area contributed by atoms with E-state index < -0.39 is 6.36 Å². The van der Waals surface area contributed by atoms with Crippen molar-refractivity contribution in [3.8, 4) is 5.75 Å². The van der Waals surface area contributed by atoms with E-state index in [-0.39, 0.29) is 10.6 Å². The highest BCUT2D eigenvalue weighted by Crippen LogP contribution is 2.28. The first-order valence-corrected chi connectivity index (χ1v) is 12.1. The van der Waals surface area contributed by atoms with Gasteiger partial charge in [0.1, 0.15) is 5.75 Å². The zero-order chi connectivity index (χ0) is 26.8. The highest BCUT2D eigenvalue weighted by molar-refractivity contribution is 7.80. The van der Waals surface area contributed by atoms with E-state index in [9.17, 15) is 18.0 Å². The Morgan fingerprint density at radius 1 is 0.946 bits per heavy atom. The van der Waals surface area contributed by atoms with Crippen molar-refractivity contribution >= 4 is 35.5 Å². The maximum atomic E-state index is 11.7. The monoisotopic (exact) mass is 526 g/mol. The Labute approximate surface area is 220 Å². The first-order chi connectivity index (χ1) is 17.7. The van der Waals surface area contributed by atoms with Crippen LogP contribution in [0.3, 0.4) is 0 Å². The lowest BCUT2D eigenvalue weighted by Gasteiger charge is -2.19. The molecular formula is C29H29F3N2O2S. The van der Waals surface area contributed by atoms with Crippen molar-refractivity contribution in [1.82, 2.24) is 5.32 Å². The highest BCUT2D eigenvalue weighted by atomic mass is 32.1. The van der Waals surface area contributed by atoms with Gasteiger partial charge in [0, 0.05) is 30.2 Å². The van der Waals surface area contributed by atoms with Crippen molar-refractivity contribution < 1.29 is 22.7 Å². The Bertz CT molecular complexity index is 1310. The molecule has 0 fully saturated rings. The minimum absolute atomic E-state index is 0.162. The number of carbonyl (C=O) groups is 1. The van der Waals surface area contributed by atoms with Gasteiger partial charge in [-0.05, 0) is 53.4 Å². The number of anilines is 1. The Kier molecular flexibility index (Phi) is 10.00. The molecule has 194 valence electrons. The number of benzene rings is 4. The molecule has 1 N–H and O–H groups in total. The van der Waals surface area contributed by atoms with Crippen molar-refractivity contribution in [3.05, 3.63) is 102 Å². The first-order valence-electron chi connectivity index (χ1n) is 11.7. The van der Waals surface area contributed by atoms with Crippen LogP contribution in [0.15, 0.2) is 95.9 Å². The molecule has 0 bridgehead atoms. The van der Waals surface area contributed by atoms with Gasteiger partial charge in [-0.15, -0.1) is 25.8 Å². The molecule has 0 saturated heterocycles. The summed E-state index contributed by atoms with van der Waals surface area (Å²) in [7, 11) is 1.78. The molecule has 4 rings (SSSR count). The quantitative estimate of drug-likeness (QED) is 0.191. The largest absolute Gasteiger partial charge is 0.573 e. The van der Waals surface area contributed by atoms with Gasteiger partial charge in [-0.3, -0.25) is 4.79 Å². The molecule has 0 saturated carbocycles. The van der Waals surface area contributed by atoms with Crippen LogP contribution in [0.4, 0.5) is 18.9 Å². The normalized spacial score (nSPS) is 11.8. The van der Waals surface area contributed by atoms with Gasteiger partial charge in [-0.2, -0.15) is 0 Å². The number of thiol groups is 1. The summed E-state index contributed by atoms with van der Waals surface area (Å²) in [5.41, 5.74) is 3.40. The fourth-order valence-electron chi connectivity index (χ4n) is 3.80. The van der Waals surface area contributed by atoms with E-state index in [0.29, 0.717) is 6.04 Å². The summed E-state index contributed by atoms with van der Waals surface area (Å²) in [5.74, 6) is -0.284. The molecule has 37 heavy (non-hydrogen) atoms. The summed E-state index contributed by atoms with van der Waals surface area (Å²) in [6, 6.07) is 29.1. The van der Waals surface area contributed by atoms with Gasteiger partial charge < -0.3 is 15.0 Å². The average molecular weight is 527 g/mol. The third-order valence-electron chi connectivity index (χ3n) is 5.62. The van der Waals surface area contributed by atoms with E-state index >= 15 is 0 Å². The van der Waals surface area contributed by atoms with Crippen LogP contribution < -0.4 is 15.0 Å². The van der Waals surface area contributed by atoms with Crippen LogP contribution in [-0.2, 0) is 17.8 Å². The van der Waals surface area contributed by atoms with E-state index in [2.05, 4.69) is 78.1 Å². The molecular weight excluding hydrogens is 497 g/mol. The number of hydrogen-bond donors (Lipinski definition) is 2. The standard InChI is InChI=1S/C22H24N2O.C7H5F3OS/c1-17(13-18-11-12-19-7-3-4-8-20(19)14-18)23-15-21-9-5-6-10-22(21)24(2)16-25;8-7(9,10)11-5-3-1-2-4-6(5)12/h3-12,14,16-17,23H,13,15H2,1-2H3;1-4,12H. The smallest absolute Gasteiger partial charge is 0.405 e. The molecule has 0 radical (unpaired) electrons. The Morgan fingerprint density at radius 2 is 1.59 bits per heavy atom. The van der Waals surface area contributed by atoms with E-state index in [4.69, 9.17) is 0 Å². The van der Waals surface area contributed by atoms with Crippen molar-refractivity contribution in [1.29, 1.82) is 0 Å². The summed E-state index contributed by atoms with van der Waals surface area (Å²) in [6.45, 7) is 2.93. The summed E-state index contributed by atoms with van der Waals surface area (Å²) in [5, 5.41) is 6.13. The Balaban J connectivity index is 0.000000266. The van der Waals surface area contributed by atoms with Crippen molar-refractivity contribution in [3.63, 3.8) is 0 Å². The second kappa shape index (κ2) is 13.2. The molecule has 0 spiro atoms. The molecule has 0 heterocycles. The first kappa shape index (κ1) is 28.1. The summed E-state index contributed by atoms with van der Waals surface area (Å²) >= 11 is 3.78. The summed E-state index contributed by atoms with van der Waals surface area (Å²) in [6.07, 6.45) is -2.84. The summed E-state index contributed by atoms with van der Waals surface area (Å²) < 4.78 is 38.7. The van der Waals surface area contributed by atoms with E-state index in [1.54, 1.807) is 18.0 Å². The molecule has 0 aliphatic rings. The zero-order valence-electron chi connectivity index (χ0n) is 20.6. The second-order valence-electron chi connectivity index (χ2n) is 8.53. The molecule has 1 unspecified atom stereocenters. The van der Waals surface area contributed by atoms with Crippen LogP contribution in [0.1, 0.15) is 18.1 Å². The van der Waals surface area contributed by atoms with E-state index in [1.165, 1.54) is 34.5 Å². The lowest BCUT2D eigenvalue weighted by atomic mass is 10.0. The van der Waals surface area contributed by atoms with Gasteiger partial charge in [0.25, 0.3) is 0 Å². The number of para-hydroxylation sites is 2. The topological polar surface area (TPSA) is 41.6 Å². The SMILES string of the molecule is CC(Cc1ccc2ccccc2c1)NCc1ccccc1N(C)C=O.FC(F)(F)Oc1ccccc1S. The van der Waals surface area contributed by atoms with Crippen LogP contribution in [-0.4, -0.2) is 25.9 Å². The minimum Gasteiger partial charge on any atom is -0.405 e. The molecule has 0 aliphatic heterocycles. The van der Waals surface area contributed by atoms with E-state index in [1.807, 2.05) is 18.2 Å². The number of alkyl halides is 3. The second-order valence-corrected chi connectivity index (χ2v) is 9.01. The van der Waals surface area contributed by atoms with Crippen LogP contribution in [0, 0.1) is 0 Å². The molecule has 1 amide bonds. The van der Waals surface area contributed by atoms with Crippen molar-refractivity contribution in [2.75, 3.05) is 11.9 Å². The predicted molar refractivity (Wildman–Crippen MR) is 145 cm³/mol. The predicted octanol–water partition coefficient (Wildman–Crippen LogP) is 7.03. The van der Waals surface area contributed by atoms with Crippen LogP contribution in [0.5, 0.6) is 5.75 Å². The maximum absolute atomic E-state index is 11.7. The molecule has 0 aromatic heterocycles. The number of carbonyl (C=O) groups excluding carboxylic acids is 1. The van der Waals surface area contributed by atoms with E-state index in [0.717, 1.165) is 30.6 Å². The van der Waals surface area contributed by atoms with Crippen molar-refractivity contribution in [2.24, 2.45) is 0 Å². The molecule has 8 heteroatoms. The van der Waals surface area contributed by atoms with Gasteiger partial charge >= 0.3 is 6.36 Å². The molecule has 0 aliphatic carbocycles. The van der Waals surface area contributed by atoms with Gasteiger partial charge in [0.15, 0.2) is 0 Å². The van der Waals surface area contributed by atoms with Gasteiger partial charge in [0.05, 0.1) is 0 Å². The van der Waals surface area contributed by atoms with Crippen molar-refractivity contribution in [2.45, 2.75) is 37.2 Å². The lowest BCUT2D eigenvalue weighted by Crippen LogP contribution is -2.28. The van der Waals surface area contributed by atoms with Crippen LogP contribution in [0.25, 0.3) is 10.8 Å². The van der Waals surface area contributed by atoms with Crippen LogP contribution in [0.2, 0.25) is 0 Å². The Morgan fingerprint density at radius 3 is 2.30 bits per heavy atom. The lowest BCUT2D eigenvalue weighted by molar-refractivity contribution is -0.275. The summed E-state index contributed by atoms with van der Waals surface area (Å²) in [4.78, 5) is 12.8. The van der Waals surface area contributed by atoms with Crippen LogP contribution >= 0.6 is 12.6 Å². The van der Waals surface area contributed by atoms with Gasteiger partial charge in [-0.25, -0.2) is 0 Å². The highest BCUT2D eigenvalue weighted by Gasteiger charge is 2.31. The number of hydrogen-bond acceptors (Lipinski definition) is 4. The fraction of sp³-hybridized carbons (Fsp3) is 0.207. The molecule has 1 atom stereocenters. The number of fused-ring (bicyclic) bond motifs is 1. The molecule has 4 aromatic rings. The number of nitrogens with zero attached hydrogens (tertiary/aromatic N) is 1.